The maximum Gasteiger partial charge on any atom is 0.232 e. The zero-order chi connectivity index (χ0) is 18.5. The Morgan fingerprint density at radius 2 is 1.70 bits per heavy atom. The van der Waals surface area contributed by atoms with Gasteiger partial charge < -0.3 is 14.3 Å². The summed E-state index contributed by atoms with van der Waals surface area (Å²) in [5.74, 6) is 0.767. The molecule has 1 saturated heterocycles. The second kappa shape index (κ2) is 8.59. The van der Waals surface area contributed by atoms with Crippen LogP contribution in [0.25, 0.3) is 11.3 Å². The van der Waals surface area contributed by atoms with Gasteiger partial charge in [-0.15, -0.1) is 0 Å². The molecule has 140 valence electrons. The first kappa shape index (κ1) is 18.1. The number of anilines is 2. The van der Waals surface area contributed by atoms with E-state index in [0.717, 1.165) is 40.9 Å². The van der Waals surface area contributed by atoms with Gasteiger partial charge in [-0.05, 0) is 50.2 Å². The maximum atomic E-state index is 5.99. The number of benzene rings is 2. The first-order chi connectivity index (χ1) is 13.3. The average molecular weight is 382 g/mol. The van der Waals surface area contributed by atoms with E-state index in [-0.39, 0.29) is 0 Å². The third-order valence-corrected chi connectivity index (χ3v) is 5.31. The molecule has 1 aliphatic rings. The van der Waals surface area contributed by atoms with Crippen LogP contribution in [0.3, 0.4) is 0 Å². The van der Waals surface area contributed by atoms with E-state index in [1.54, 1.807) is 0 Å². The number of likely N-dealkylation sites (tertiary alicyclic amines) is 1. The molecule has 27 heavy (non-hydrogen) atoms. The van der Waals surface area contributed by atoms with E-state index < -0.39 is 0 Å². The van der Waals surface area contributed by atoms with Crippen LogP contribution in [0, 0.1) is 0 Å². The molecule has 0 saturated carbocycles. The SMILES string of the molecule is Clc1ccc(-c2cc(N(CCN3CCCCC3)c3ccccc3)on2)cc1. The van der Waals surface area contributed by atoms with E-state index in [4.69, 9.17) is 16.1 Å². The summed E-state index contributed by atoms with van der Waals surface area (Å²) < 4.78 is 5.73. The fourth-order valence-corrected chi connectivity index (χ4v) is 3.67. The second-order valence-corrected chi connectivity index (χ2v) is 7.38. The molecule has 1 aromatic heterocycles. The van der Waals surface area contributed by atoms with Gasteiger partial charge in [0.25, 0.3) is 0 Å². The van der Waals surface area contributed by atoms with Crippen molar-refractivity contribution in [2.45, 2.75) is 19.3 Å². The van der Waals surface area contributed by atoms with Crippen LogP contribution in [0.5, 0.6) is 0 Å². The summed E-state index contributed by atoms with van der Waals surface area (Å²) in [7, 11) is 0. The molecule has 0 bridgehead atoms. The maximum absolute atomic E-state index is 5.99. The molecule has 2 heterocycles. The van der Waals surface area contributed by atoms with Gasteiger partial charge in [0.05, 0.1) is 0 Å². The predicted octanol–water partition coefficient (Wildman–Crippen LogP) is 5.62. The average Bonchev–Trinajstić information content (AvgIpc) is 3.20. The van der Waals surface area contributed by atoms with Crippen molar-refractivity contribution in [3.63, 3.8) is 0 Å². The second-order valence-electron chi connectivity index (χ2n) is 6.95. The molecule has 0 N–H and O–H groups in total. The number of halogens is 1. The summed E-state index contributed by atoms with van der Waals surface area (Å²) >= 11 is 5.99. The normalized spacial score (nSPS) is 15.0. The van der Waals surface area contributed by atoms with E-state index in [1.807, 2.05) is 36.4 Å². The lowest BCUT2D eigenvalue weighted by Crippen LogP contribution is -2.36. The van der Waals surface area contributed by atoms with Gasteiger partial charge in [0.1, 0.15) is 5.69 Å². The molecule has 1 aliphatic heterocycles. The van der Waals surface area contributed by atoms with Crippen LogP contribution in [0.4, 0.5) is 11.6 Å². The van der Waals surface area contributed by atoms with Crippen molar-refractivity contribution in [3.8, 4) is 11.3 Å². The molecule has 0 radical (unpaired) electrons. The third kappa shape index (κ3) is 4.52. The van der Waals surface area contributed by atoms with Crippen LogP contribution in [-0.4, -0.2) is 36.2 Å². The van der Waals surface area contributed by atoms with Gasteiger partial charge >= 0.3 is 0 Å². The Hall–Kier alpha value is -2.30. The summed E-state index contributed by atoms with van der Waals surface area (Å²) in [6.07, 6.45) is 3.95. The Morgan fingerprint density at radius 1 is 0.963 bits per heavy atom. The molecule has 0 spiro atoms. The van der Waals surface area contributed by atoms with Gasteiger partial charge in [0.15, 0.2) is 0 Å². The number of hydrogen-bond donors (Lipinski definition) is 0. The number of nitrogens with zero attached hydrogens (tertiary/aromatic N) is 3. The molecule has 2 aromatic carbocycles. The minimum atomic E-state index is 0.718. The van der Waals surface area contributed by atoms with Crippen molar-refractivity contribution in [2.24, 2.45) is 0 Å². The Bertz CT molecular complexity index is 842. The van der Waals surface area contributed by atoms with Crippen molar-refractivity contribution in [1.82, 2.24) is 10.1 Å². The standard InChI is InChI=1S/C22H24ClN3O/c23-19-11-9-18(10-12-19)21-17-22(27-24-21)26(20-7-3-1-4-8-20)16-15-25-13-5-2-6-14-25/h1,3-4,7-12,17H,2,5-6,13-16H2. The Morgan fingerprint density at radius 3 is 2.44 bits per heavy atom. The molecule has 0 unspecified atom stereocenters. The van der Waals surface area contributed by atoms with E-state index in [1.165, 1.54) is 32.4 Å². The van der Waals surface area contributed by atoms with Crippen LogP contribution in [0.1, 0.15) is 19.3 Å². The Balaban J connectivity index is 1.55. The molecule has 0 amide bonds. The third-order valence-electron chi connectivity index (χ3n) is 5.06. The van der Waals surface area contributed by atoms with Gasteiger partial charge in [0, 0.05) is 35.4 Å². The molecule has 0 aliphatic carbocycles. The highest BCUT2D eigenvalue weighted by Gasteiger charge is 2.18. The number of hydrogen-bond acceptors (Lipinski definition) is 4. The van der Waals surface area contributed by atoms with Crippen LogP contribution < -0.4 is 4.90 Å². The first-order valence-corrected chi connectivity index (χ1v) is 9.95. The van der Waals surface area contributed by atoms with Crippen LogP contribution in [0.2, 0.25) is 5.02 Å². The summed E-state index contributed by atoms with van der Waals surface area (Å²) in [6.45, 7) is 4.27. The summed E-state index contributed by atoms with van der Waals surface area (Å²) in [5.41, 5.74) is 2.94. The summed E-state index contributed by atoms with van der Waals surface area (Å²) in [5, 5.41) is 5.00. The molecule has 4 rings (SSSR count). The highest BCUT2D eigenvalue weighted by Crippen LogP contribution is 2.30. The molecular weight excluding hydrogens is 358 g/mol. The van der Waals surface area contributed by atoms with E-state index in [2.05, 4.69) is 39.2 Å². The molecule has 4 nitrogen and oxygen atoms in total. The van der Waals surface area contributed by atoms with E-state index in [0.29, 0.717) is 0 Å². The van der Waals surface area contributed by atoms with Crippen LogP contribution in [-0.2, 0) is 0 Å². The van der Waals surface area contributed by atoms with Gasteiger partial charge in [-0.3, -0.25) is 0 Å². The van der Waals surface area contributed by atoms with Crippen molar-refractivity contribution in [2.75, 3.05) is 31.1 Å². The zero-order valence-corrected chi connectivity index (χ0v) is 16.1. The van der Waals surface area contributed by atoms with Crippen molar-refractivity contribution >= 4 is 23.2 Å². The van der Waals surface area contributed by atoms with E-state index >= 15 is 0 Å². The summed E-state index contributed by atoms with van der Waals surface area (Å²) in [4.78, 5) is 4.75. The number of aromatic nitrogens is 1. The number of rotatable bonds is 6. The van der Waals surface area contributed by atoms with Gasteiger partial charge in [-0.2, -0.15) is 0 Å². The summed E-state index contributed by atoms with van der Waals surface area (Å²) in [6, 6.07) is 20.0. The molecular formula is C22H24ClN3O. The van der Waals surface area contributed by atoms with Gasteiger partial charge in [-0.1, -0.05) is 53.5 Å². The lowest BCUT2D eigenvalue weighted by atomic mass is 10.1. The van der Waals surface area contributed by atoms with E-state index in [9.17, 15) is 0 Å². The van der Waals surface area contributed by atoms with Crippen molar-refractivity contribution < 1.29 is 4.52 Å². The molecule has 3 aromatic rings. The quantitative estimate of drug-likeness (QED) is 0.554. The monoisotopic (exact) mass is 381 g/mol. The Labute approximate surface area is 165 Å². The molecule has 5 heteroatoms. The number of piperidine rings is 1. The minimum absolute atomic E-state index is 0.718. The number of para-hydroxylation sites is 1. The first-order valence-electron chi connectivity index (χ1n) is 9.57. The molecule has 0 atom stereocenters. The fourth-order valence-electron chi connectivity index (χ4n) is 3.55. The smallest absolute Gasteiger partial charge is 0.232 e. The van der Waals surface area contributed by atoms with Crippen molar-refractivity contribution in [3.05, 3.63) is 65.7 Å². The fraction of sp³-hybridized carbons (Fsp3) is 0.318. The largest absolute Gasteiger partial charge is 0.338 e. The van der Waals surface area contributed by atoms with Crippen LogP contribution >= 0.6 is 11.6 Å². The topological polar surface area (TPSA) is 32.5 Å². The zero-order valence-electron chi connectivity index (χ0n) is 15.4. The lowest BCUT2D eigenvalue weighted by molar-refractivity contribution is 0.233. The molecule has 1 fully saturated rings. The van der Waals surface area contributed by atoms with Crippen LogP contribution in [0.15, 0.2) is 65.2 Å². The van der Waals surface area contributed by atoms with Gasteiger partial charge in [0.2, 0.25) is 5.88 Å². The highest BCUT2D eigenvalue weighted by molar-refractivity contribution is 6.30. The van der Waals surface area contributed by atoms with Crippen molar-refractivity contribution in [1.29, 1.82) is 0 Å². The minimum Gasteiger partial charge on any atom is -0.338 e. The Kier molecular flexibility index (Phi) is 5.75. The lowest BCUT2D eigenvalue weighted by Gasteiger charge is -2.29. The van der Waals surface area contributed by atoms with Gasteiger partial charge in [-0.25, -0.2) is 0 Å². The predicted molar refractivity (Wildman–Crippen MR) is 111 cm³/mol. The highest BCUT2D eigenvalue weighted by atomic mass is 35.5.